The van der Waals surface area contributed by atoms with Gasteiger partial charge in [-0.1, -0.05) is 6.07 Å². The van der Waals surface area contributed by atoms with Crippen LogP contribution in [0.5, 0.6) is 17.2 Å². The summed E-state index contributed by atoms with van der Waals surface area (Å²) < 4.78 is 24.6. The minimum atomic E-state index is -0.330. The summed E-state index contributed by atoms with van der Waals surface area (Å²) in [6.45, 7) is 1.97. The number of carbonyl (C=O) groups excluding carboxylic acids is 1. The van der Waals surface area contributed by atoms with E-state index in [4.69, 9.17) is 9.47 Å². The summed E-state index contributed by atoms with van der Waals surface area (Å²) in [5.74, 6) is 0.131. The number of H-pyrrole nitrogens is 1. The number of phenols is 1. The average molecular weight is 434 g/mol. The number of carbonyl (C=O) groups is 1. The van der Waals surface area contributed by atoms with Gasteiger partial charge in [-0.3, -0.25) is 4.79 Å². The van der Waals surface area contributed by atoms with Crippen molar-refractivity contribution < 1.29 is 23.8 Å². The van der Waals surface area contributed by atoms with E-state index in [0.29, 0.717) is 23.6 Å². The van der Waals surface area contributed by atoms with Crippen LogP contribution < -0.4 is 9.47 Å². The van der Waals surface area contributed by atoms with Gasteiger partial charge < -0.3 is 19.6 Å². The predicted octanol–water partition coefficient (Wildman–Crippen LogP) is 5.26. The molecule has 0 unspecified atom stereocenters. The normalized spacial score (nSPS) is 14.1. The molecule has 4 rings (SSSR count). The molecule has 7 heteroatoms. The number of nitrogens with one attached hydrogen (secondary N) is 1. The van der Waals surface area contributed by atoms with Crippen LogP contribution in [0.1, 0.15) is 46.9 Å². The van der Waals surface area contributed by atoms with Crippen molar-refractivity contribution in [3.63, 3.8) is 0 Å². The van der Waals surface area contributed by atoms with Gasteiger partial charge in [-0.05, 0) is 77.1 Å². The Kier molecular flexibility index (Phi) is 5.81. The van der Waals surface area contributed by atoms with E-state index in [0.717, 1.165) is 33.4 Å². The number of allylic oxidation sites excluding steroid dienone is 3. The summed E-state index contributed by atoms with van der Waals surface area (Å²) in [7, 11) is 2.94. The third-order valence-corrected chi connectivity index (χ3v) is 5.67. The highest BCUT2D eigenvalue weighted by Crippen LogP contribution is 2.45. The number of ketones is 1. The van der Waals surface area contributed by atoms with Crippen molar-refractivity contribution >= 4 is 23.0 Å². The number of halogens is 1. The molecule has 0 amide bonds. The summed E-state index contributed by atoms with van der Waals surface area (Å²) in [6, 6.07) is 8.10. The van der Waals surface area contributed by atoms with Gasteiger partial charge in [0.1, 0.15) is 11.5 Å². The van der Waals surface area contributed by atoms with Crippen molar-refractivity contribution in [3.05, 3.63) is 76.6 Å². The fourth-order valence-corrected chi connectivity index (χ4v) is 4.02. The smallest absolute Gasteiger partial charge is 0.200 e. The first-order valence-electron chi connectivity index (χ1n) is 10.1. The lowest BCUT2D eigenvalue weighted by molar-refractivity contribution is 0.0980. The highest BCUT2D eigenvalue weighted by molar-refractivity contribution is 6.06. The van der Waals surface area contributed by atoms with Crippen LogP contribution in [0.4, 0.5) is 4.39 Å². The van der Waals surface area contributed by atoms with E-state index in [9.17, 15) is 14.3 Å². The molecule has 3 aromatic rings. The molecule has 164 valence electrons. The van der Waals surface area contributed by atoms with E-state index < -0.39 is 0 Å². The van der Waals surface area contributed by atoms with Crippen LogP contribution in [0.15, 0.2) is 48.4 Å². The van der Waals surface area contributed by atoms with Gasteiger partial charge in [0, 0.05) is 6.42 Å². The Labute approximate surface area is 185 Å². The van der Waals surface area contributed by atoms with Crippen molar-refractivity contribution in [2.75, 3.05) is 14.2 Å². The number of methoxy groups -OCH3 is 2. The number of nitrogens with zero attached hydrogens (tertiary/aromatic N) is 1. The topological polar surface area (TPSA) is 84.4 Å². The number of aromatic nitrogens is 2. The number of hydrogen-bond acceptors (Lipinski definition) is 5. The van der Waals surface area contributed by atoms with Crippen molar-refractivity contribution in [3.8, 4) is 17.2 Å². The number of aromatic amines is 1. The Morgan fingerprint density at radius 3 is 2.50 bits per heavy atom. The Morgan fingerprint density at radius 1 is 1.16 bits per heavy atom. The van der Waals surface area contributed by atoms with Crippen LogP contribution >= 0.6 is 0 Å². The molecule has 6 nitrogen and oxygen atoms in total. The molecule has 1 heterocycles. The summed E-state index contributed by atoms with van der Waals surface area (Å²) in [6.07, 6.45) is 5.67. The fraction of sp³-hybridized carbons (Fsp3) is 0.200. The number of Topliss-reactive ketones (excluding diaryl/α,β-unsaturated/α-hetero) is 1. The zero-order chi connectivity index (χ0) is 22.8. The lowest BCUT2D eigenvalue weighted by atomic mass is 9.99. The Balaban J connectivity index is 1.75. The van der Waals surface area contributed by atoms with Gasteiger partial charge in [-0.15, -0.1) is 0 Å². The summed E-state index contributed by atoms with van der Waals surface area (Å²) in [5, 5.41) is 10.2. The molecular formula is C25H23FN2O4. The van der Waals surface area contributed by atoms with Crippen LogP contribution in [-0.4, -0.2) is 35.1 Å². The third kappa shape index (κ3) is 3.89. The molecule has 1 aromatic heterocycles. The number of aromatic hydroxyl groups is 1. The maximum atomic E-state index is 14.1. The van der Waals surface area contributed by atoms with E-state index in [2.05, 4.69) is 9.97 Å². The molecular weight excluding hydrogens is 411 g/mol. The van der Waals surface area contributed by atoms with Gasteiger partial charge in [-0.2, -0.15) is 0 Å². The van der Waals surface area contributed by atoms with Crippen molar-refractivity contribution in [1.29, 1.82) is 0 Å². The highest BCUT2D eigenvalue weighted by atomic mass is 19.1. The molecule has 0 fully saturated rings. The van der Waals surface area contributed by atoms with Crippen molar-refractivity contribution in [1.82, 2.24) is 9.97 Å². The molecule has 1 aliphatic carbocycles. The van der Waals surface area contributed by atoms with Gasteiger partial charge in [0.05, 0.1) is 26.7 Å². The largest absolute Gasteiger partial charge is 0.502 e. The number of imidazole rings is 1. The van der Waals surface area contributed by atoms with Crippen molar-refractivity contribution in [2.45, 2.75) is 19.8 Å². The molecule has 2 N–H and O–H groups in total. The Morgan fingerprint density at radius 2 is 1.88 bits per heavy atom. The maximum absolute atomic E-state index is 14.1. The first-order chi connectivity index (χ1) is 15.4. The van der Waals surface area contributed by atoms with Gasteiger partial charge in [0.25, 0.3) is 0 Å². The zero-order valence-corrected chi connectivity index (χ0v) is 18.0. The van der Waals surface area contributed by atoms with Crippen LogP contribution in [0.3, 0.4) is 0 Å². The van der Waals surface area contributed by atoms with Crippen molar-refractivity contribution in [2.24, 2.45) is 0 Å². The summed E-state index contributed by atoms with van der Waals surface area (Å²) >= 11 is 0. The molecule has 0 saturated heterocycles. The number of hydrogen-bond donors (Lipinski definition) is 2. The average Bonchev–Trinajstić information content (AvgIpc) is 3.41. The monoisotopic (exact) mass is 434 g/mol. The van der Waals surface area contributed by atoms with E-state index in [-0.39, 0.29) is 23.8 Å². The zero-order valence-electron chi connectivity index (χ0n) is 18.0. The van der Waals surface area contributed by atoms with Crippen LogP contribution in [-0.2, 0) is 0 Å². The molecule has 0 bridgehead atoms. The number of ether oxygens (including phenoxy) is 2. The minimum absolute atomic E-state index is 0.0498. The SMILES string of the molecule is COc1cc(C=C2C(C)=C(CCC(=O)c3cnc[nH]3)c3cc(F)ccc32)cc(OC)c1O. The van der Waals surface area contributed by atoms with Crippen LogP contribution in [0.25, 0.3) is 17.2 Å². The minimum Gasteiger partial charge on any atom is -0.502 e. The number of fused-ring (bicyclic) bond motifs is 1. The van der Waals surface area contributed by atoms with Crippen LogP contribution in [0.2, 0.25) is 0 Å². The standard InChI is InChI=1S/C25H23FN2O4/c1-14-17(6-7-22(29)21-12-27-13-28-21)20-11-16(26)4-5-18(20)19(14)8-15-9-23(31-2)25(30)24(10-15)32-3/h4-5,8-13,30H,6-7H2,1-3H3,(H,27,28). The van der Waals surface area contributed by atoms with Gasteiger partial charge in [0.2, 0.25) is 5.75 Å². The molecule has 2 aromatic carbocycles. The Bertz CT molecular complexity index is 1220. The first kappa shape index (κ1) is 21.4. The molecule has 0 saturated carbocycles. The van der Waals surface area contributed by atoms with Gasteiger partial charge in [-0.25, -0.2) is 9.37 Å². The second-order valence-corrected chi connectivity index (χ2v) is 7.51. The lowest BCUT2D eigenvalue weighted by Gasteiger charge is -2.11. The lowest BCUT2D eigenvalue weighted by Crippen LogP contribution is -2.00. The molecule has 0 atom stereocenters. The Hall–Kier alpha value is -3.87. The number of phenolic OH excluding ortho intramolecular Hbond substituents is 1. The number of benzene rings is 2. The fourth-order valence-electron chi connectivity index (χ4n) is 4.02. The maximum Gasteiger partial charge on any atom is 0.200 e. The molecule has 32 heavy (non-hydrogen) atoms. The highest BCUT2D eigenvalue weighted by Gasteiger charge is 2.25. The first-order valence-corrected chi connectivity index (χ1v) is 10.1. The van der Waals surface area contributed by atoms with Gasteiger partial charge in [0.15, 0.2) is 17.3 Å². The van der Waals surface area contributed by atoms with E-state index in [1.165, 1.54) is 38.9 Å². The van der Waals surface area contributed by atoms with E-state index in [1.807, 2.05) is 13.0 Å². The summed E-state index contributed by atoms with van der Waals surface area (Å²) in [4.78, 5) is 19.2. The molecule has 1 aliphatic rings. The van der Waals surface area contributed by atoms with Crippen LogP contribution in [0, 0.1) is 5.82 Å². The predicted molar refractivity (Wildman–Crippen MR) is 120 cm³/mol. The quantitative estimate of drug-likeness (QED) is 0.496. The van der Waals surface area contributed by atoms with E-state index >= 15 is 0 Å². The second-order valence-electron chi connectivity index (χ2n) is 7.51. The molecule has 0 aliphatic heterocycles. The summed E-state index contributed by atoms with van der Waals surface area (Å²) in [5.41, 5.74) is 5.70. The van der Waals surface area contributed by atoms with E-state index in [1.54, 1.807) is 18.2 Å². The third-order valence-electron chi connectivity index (χ3n) is 5.67. The molecule has 0 spiro atoms. The molecule has 0 radical (unpaired) electrons. The second kappa shape index (κ2) is 8.70. The van der Waals surface area contributed by atoms with Gasteiger partial charge >= 0.3 is 0 Å². The number of rotatable bonds is 7.